The Balaban J connectivity index is 2.72. The van der Waals surface area contributed by atoms with Gasteiger partial charge in [-0.15, -0.1) is 0 Å². The van der Waals surface area contributed by atoms with E-state index in [2.05, 4.69) is 39.7 Å². The molecule has 0 unspecified atom stereocenters. The van der Waals surface area contributed by atoms with Crippen LogP contribution in [0.1, 0.15) is 41.0 Å². The number of hydrazone groups is 1. The average molecular weight is 196 g/mol. The van der Waals surface area contributed by atoms with Gasteiger partial charge in [0.25, 0.3) is 0 Å². The van der Waals surface area contributed by atoms with Gasteiger partial charge in [0.2, 0.25) is 5.91 Å². The molecule has 80 valence electrons. The van der Waals surface area contributed by atoms with Crippen LogP contribution in [0.4, 0.5) is 0 Å². The minimum Gasteiger partial charge on any atom is -0.273 e. The maximum absolute atomic E-state index is 11.6. The second-order valence-electron chi connectivity index (χ2n) is 5.34. The Morgan fingerprint density at radius 2 is 2.00 bits per heavy atom. The average Bonchev–Trinajstić information content (AvgIpc) is 2.30. The van der Waals surface area contributed by atoms with E-state index in [0.29, 0.717) is 12.3 Å². The summed E-state index contributed by atoms with van der Waals surface area (Å²) >= 11 is 0. The summed E-state index contributed by atoms with van der Waals surface area (Å²) in [6.45, 7) is 11.2. The van der Waals surface area contributed by atoms with Crippen molar-refractivity contribution in [3.63, 3.8) is 0 Å². The van der Waals surface area contributed by atoms with Crippen LogP contribution < -0.4 is 0 Å². The number of hydrogen-bond donors (Lipinski definition) is 0. The molecular weight excluding hydrogens is 176 g/mol. The predicted octanol–water partition coefficient (Wildman–Crippen LogP) is 2.28. The fraction of sp³-hybridized carbons (Fsp3) is 0.818. The van der Waals surface area contributed by atoms with E-state index in [1.165, 1.54) is 0 Å². The minimum absolute atomic E-state index is 0.0153. The van der Waals surface area contributed by atoms with Gasteiger partial charge in [0.15, 0.2) is 0 Å². The van der Waals surface area contributed by atoms with Crippen LogP contribution in [0, 0.1) is 11.3 Å². The number of carbonyl (C=O) groups excluding carboxylic acids is 1. The maximum Gasteiger partial charge on any atom is 0.248 e. The lowest BCUT2D eigenvalue weighted by Crippen LogP contribution is -2.25. The second kappa shape index (κ2) is 3.71. The second-order valence-corrected chi connectivity index (χ2v) is 5.34. The highest BCUT2D eigenvalue weighted by Crippen LogP contribution is 2.24. The first-order chi connectivity index (χ1) is 6.30. The van der Waals surface area contributed by atoms with Crippen LogP contribution in [0.5, 0.6) is 0 Å². The van der Waals surface area contributed by atoms with Gasteiger partial charge in [0, 0.05) is 12.0 Å². The lowest BCUT2D eigenvalue weighted by Gasteiger charge is -2.17. The molecule has 1 aliphatic heterocycles. The third-order valence-electron chi connectivity index (χ3n) is 2.25. The first-order valence-corrected chi connectivity index (χ1v) is 5.19. The molecule has 14 heavy (non-hydrogen) atoms. The Kier molecular flexibility index (Phi) is 2.98. The molecule has 0 fully saturated rings. The zero-order valence-corrected chi connectivity index (χ0v) is 9.79. The van der Waals surface area contributed by atoms with Crippen molar-refractivity contribution in [1.29, 1.82) is 0 Å². The summed E-state index contributed by atoms with van der Waals surface area (Å²) in [5.74, 6) is 0.616. The van der Waals surface area contributed by atoms with E-state index in [1.807, 2.05) is 0 Å². The van der Waals surface area contributed by atoms with Crippen LogP contribution in [0.2, 0.25) is 0 Å². The van der Waals surface area contributed by atoms with Crippen LogP contribution in [0.3, 0.4) is 0 Å². The molecule has 3 nitrogen and oxygen atoms in total. The highest BCUT2D eigenvalue weighted by molar-refractivity contribution is 6.07. The van der Waals surface area contributed by atoms with Gasteiger partial charge >= 0.3 is 0 Å². The molecule has 1 heterocycles. The molecule has 0 aromatic rings. The molecule has 0 aliphatic carbocycles. The summed E-state index contributed by atoms with van der Waals surface area (Å²) in [6.07, 6.45) is 0.496. The summed E-state index contributed by atoms with van der Waals surface area (Å²) in [7, 11) is 0. The van der Waals surface area contributed by atoms with Gasteiger partial charge in [0.05, 0.1) is 12.1 Å². The smallest absolute Gasteiger partial charge is 0.248 e. The van der Waals surface area contributed by atoms with Crippen LogP contribution in [0.15, 0.2) is 5.10 Å². The lowest BCUT2D eigenvalue weighted by atomic mass is 9.88. The van der Waals surface area contributed by atoms with Crippen molar-refractivity contribution in [2.24, 2.45) is 16.4 Å². The summed E-state index contributed by atoms with van der Waals surface area (Å²) < 4.78 is 0. The SMILES string of the molecule is CC(C)CN1N=C(C(C)(C)C)CC1=O. The molecule has 0 saturated carbocycles. The zero-order valence-electron chi connectivity index (χ0n) is 9.79. The molecule has 0 saturated heterocycles. The monoisotopic (exact) mass is 196 g/mol. The van der Waals surface area contributed by atoms with E-state index in [4.69, 9.17) is 0 Å². The first kappa shape index (κ1) is 11.2. The highest BCUT2D eigenvalue weighted by atomic mass is 16.2. The fourth-order valence-corrected chi connectivity index (χ4v) is 1.38. The zero-order chi connectivity index (χ0) is 10.9. The molecule has 0 bridgehead atoms. The van der Waals surface area contributed by atoms with Crippen LogP contribution in [-0.2, 0) is 4.79 Å². The molecule has 0 spiro atoms. The van der Waals surface area contributed by atoms with Crippen molar-refractivity contribution in [1.82, 2.24) is 5.01 Å². The van der Waals surface area contributed by atoms with Crippen molar-refractivity contribution in [3.8, 4) is 0 Å². The summed E-state index contributed by atoms with van der Waals surface area (Å²) in [5, 5.41) is 6.00. The topological polar surface area (TPSA) is 32.7 Å². The third-order valence-corrected chi connectivity index (χ3v) is 2.25. The summed E-state index contributed by atoms with van der Waals surface area (Å²) in [5.41, 5.74) is 1.02. The van der Waals surface area contributed by atoms with Gasteiger partial charge < -0.3 is 0 Å². The summed E-state index contributed by atoms with van der Waals surface area (Å²) in [4.78, 5) is 11.6. The largest absolute Gasteiger partial charge is 0.273 e. The van der Waals surface area contributed by atoms with Gasteiger partial charge in [-0.2, -0.15) is 5.10 Å². The van der Waals surface area contributed by atoms with Crippen molar-refractivity contribution in [2.45, 2.75) is 41.0 Å². The van der Waals surface area contributed by atoms with Crippen molar-refractivity contribution in [2.75, 3.05) is 6.54 Å². The molecule has 0 radical (unpaired) electrons. The Bertz CT molecular complexity index is 261. The van der Waals surface area contributed by atoms with E-state index in [-0.39, 0.29) is 11.3 Å². The Hall–Kier alpha value is -0.860. The highest BCUT2D eigenvalue weighted by Gasteiger charge is 2.31. The Morgan fingerprint density at radius 1 is 1.43 bits per heavy atom. The van der Waals surface area contributed by atoms with Crippen molar-refractivity contribution in [3.05, 3.63) is 0 Å². The van der Waals surface area contributed by atoms with Crippen LogP contribution >= 0.6 is 0 Å². The lowest BCUT2D eigenvalue weighted by molar-refractivity contribution is -0.129. The number of rotatable bonds is 2. The van der Waals surface area contributed by atoms with Crippen molar-refractivity contribution < 1.29 is 4.79 Å². The molecule has 0 aromatic heterocycles. The van der Waals surface area contributed by atoms with Gasteiger partial charge in [-0.1, -0.05) is 34.6 Å². The van der Waals surface area contributed by atoms with Gasteiger partial charge in [-0.3, -0.25) is 4.79 Å². The van der Waals surface area contributed by atoms with Crippen LogP contribution in [0.25, 0.3) is 0 Å². The standard InChI is InChI=1S/C11H20N2O/c1-8(2)7-13-10(14)6-9(12-13)11(3,4)5/h8H,6-7H2,1-5H3. The fourth-order valence-electron chi connectivity index (χ4n) is 1.38. The molecule has 0 atom stereocenters. The van der Waals surface area contributed by atoms with E-state index in [0.717, 1.165) is 12.3 Å². The molecule has 1 rings (SSSR count). The number of amides is 1. The van der Waals surface area contributed by atoms with Crippen molar-refractivity contribution >= 4 is 11.6 Å². The summed E-state index contributed by atoms with van der Waals surface area (Å²) in [6, 6.07) is 0. The normalized spacial score (nSPS) is 18.0. The van der Waals surface area contributed by atoms with Gasteiger partial charge in [-0.25, -0.2) is 5.01 Å². The molecule has 3 heteroatoms. The van der Waals surface area contributed by atoms with E-state index in [9.17, 15) is 4.79 Å². The molecule has 1 aliphatic rings. The van der Waals surface area contributed by atoms with Gasteiger partial charge in [0.1, 0.15) is 0 Å². The molecular formula is C11H20N2O. The number of hydrogen-bond acceptors (Lipinski definition) is 2. The quantitative estimate of drug-likeness (QED) is 0.667. The van der Waals surface area contributed by atoms with Gasteiger partial charge in [-0.05, 0) is 5.92 Å². The Morgan fingerprint density at radius 3 is 2.36 bits per heavy atom. The third kappa shape index (κ3) is 2.56. The molecule has 1 amide bonds. The number of carbonyl (C=O) groups is 1. The van der Waals surface area contributed by atoms with E-state index in [1.54, 1.807) is 5.01 Å². The minimum atomic E-state index is 0.0153. The Labute approximate surface area is 86.2 Å². The first-order valence-electron chi connectivity index (χ1n) is 5.19. The van der Waals surface area contributed by atoms with E-state index < -0.39 is 0 Å². The molecule has 0 aromatic carbocycles. The predicted molar refractivity (Wildman–Crippen MR) is 58.1 cm³/mol. The maximum atomic E-state index is 11.6. The number of nitrogens with zero attached hydrogens (tertiary/aromatic N) is 2. The molecule has 0 N–H and O–H groups in total. The van der Waals surface area contributed by atoms with Crippen LogP contribution in [-0.4, -0.2) is 23.2 Å². The van der Waals surface area contributed by atoms with E-state index >= 15 is 0 Å².